The molecule has 0 atom stereocenters. The second kappa shape index (κ2) is 103. The monoisotopic (exact) mass is 338 g/mol. The molecular formula is C4N4PdS4-2. The first-order valence-corrected chi connectivity index (χ1v) is 3.34. The third-order valence-electron chi connectivity index (χ3n) is 0. The number of nitrogens with zero attached hydrogens (tertiary/aromatic N) is 4. The van der Waals surface area contributed by atoms with Crippen LogP contribution < -0.4 is 0 Å². The zero-order valence-corrected chi connectivity index (χ0v) is 10.6. The molecular weight excluding hydrogens is 339 g/mol. The summed E-state index contributed by atoms with van der Waals surface area (Å²) >= 11 is 14.8. The molecule has 0 aliphatic heterocycles. The van der Waals surface area contributed by atoms with Crippen molar-refractivity contribution in [3.8, 4) is 21.6 Å². The largest absolute Gasteiger partial charge is 2.00 e. The molecule has 0 aromatic heterocycles. The Morgan fingerprint density at radius 3 is 0.538 bits per heavy atom. The Morgan fingerprint density at radius 1 is 0.538 bits per heavy atom. The summed E-state index contributed by atoms with van der Waals surface area (Å²) in [6, 6.07) is 0. The van der Waals surface area contributed by atoms with E-state index in [1.807, 2.05) is 0 Å². The van der Waals surface area contributed by atoms with E-state index in [2.05, 4.69) is 50.5 Å². The van der Waals surface area contributed by atoms with Crippen LogP contribution in [0.4, 0.5) is 0 Å². The molecule has 0 radical (unpaired) electrons. The number of thiocyanates is 4. The van der Waals surface area contributed by atoms with Gasteiger partial charge in [0.15, 0.2) is 0 Å². The molecule has 72 valence electrons. The van der Waals surface area contributed by atoms with E-state index >= 15 is 0 Å². The number of nitriles is 4. The third kappa shape index (κ3) is 4190. The molecule has 0 aliphatic rings. The van der Waals surface area contributed by atoms with Crippen LogP contribution in [0.2, 0.25) is 0 Å². The Hall–Kier alpha value is -0.498. The molecule has 0 amide bonds. The van der Waals surface area contributed by atoms with E-state index in [-0.39, 0.29) is 20.4 Å². The van der Waals surface area contributed by atoms with E-state index in [1.165, 1.54) is 21.6 Å². The Bertz CT molecular complexity index is 158. The molecule has 0 heterocycles. The van der Waals surface area contributed by atoms with Gasteiger partial charge in [0.25, 0.3) is 0 Å². The fourth-order valence-corrected chi connectivity index (χ4v) is 0. The van der Waals surface area contributed by atoms with Gasteiger partial charge in [0.2, 0.25) is 0 Å². The minimum atomic E-state index is 0. The van der Waals surface area contributed by atoms with E-state index in [4.69, 9.17) is 21.0 Å². The maximum Gasteiger partial charge on any atom is 2.00 e. The first-order valence-electron chi connectivity index (χ1n) is 1.71. The van der Waals surface area contributed by atoms with Crippen molar-refractivity contribution in [3.63, 3.8) is 0 Å². The molecule has 0 saturated carbocycles. The SMILES string of the molecule is N#C[S-].N#C[S-].N#C[S-].N#C[S-].[Pd+2]. The molecule has 0 bridgehead atoms. The molecule has 4 nitrogen and oxygen atoms in total. The molecule has 0 saturated heterocycles. The molecule has 0 rings (SSSR count). The first-order chi connectivity index (χ1) is 5.66. The normalized spacial score (nSPS) is 2.15. The minimum Gasteiger partial charge on any atom is -0.696 e. The smallest absolute Gasteiger partial charge is 0.696 e. The van der Waals surface area contributed by atoms with Crippen LogP contribution in [0.15, 0.2) is 0 Å². The summed E-state index contributed by atoms with van der Waals surface area (Å²) in [6.07, 6.45) is 0. The summed E-state index contributed by atoms with van der Waals surface area (Å²) in [4.78, 5) is 0. The van der Waals surface area contributed by atoms with E-state index in [9.17, 15) is 0 Å². The Labute approximate surface area is 113 Å². The summed E-state index contributed by atoms with van der Waals surface area (Å²) in [5, 5.41) is 33.9. The molecule has 9 heteroatoms. The summed E-state index contributed by atoms with van der Waals surface area (Å²) < 4.78 is 0. The van der Waals surface area contributed by atoms with Gasteiger partial charge in [0.05, 0.1) is 0 Å². The van der Waals surface area contributed by atoms with Gasteiger partial charge in [-0.25, -0.2) is 21.0 Å². The molecule has 0 N–H and O–H groups in total. The average Bonchev–Trinajstić information content (AvgIpc) is 1.92. The van der Waals surface area contributed by atoms with E-state index in [0.717, 1.165) is 0 Å². The summed E-state index contributed by atoms with van der Waals surface area (Å²) in [7, 11) is 0. The molecule has 0 aromatic rings. The topological polar surface area (TPSA) is 95.2 Å². The van der Waals surface area contributed by atoms with Crippen LogP contribution >= 0.6 is 0 Å². The third-order valence-corrected chi connectivity index (χ3v) is 0. The minimum absolute atomic E-state index is 0. The Balaban J connectivity index is -0.0000000213. The van der Waals surface area contributed by atoms with Crippen molar-refractivity contribution < 1.29 is 20.4 Å². The van der Waals surface area contributed by atoms with Crippen molar-refractivity contribution in [1.82, 2.24) is 0 Å². The van der Waals surface area contributed by atoms with E-state index in [0.29, 0.717) is 0 Å². The molecule has 0 fully saturated rings. The van der Waals surface area contributed by atoms with Crippen molar-refractivity contribution in [2.45, 2.75) is 0 Å². The van der Waals surface area contributed by atoms with Gasteiger partial charge in [0.1, 0.15) is 0 Å². The molecule has 0 unspecified atom stereocenters. The Morgan fingerprint density at radius 2 is 0.538 bits per heavy atom. The summed E-state index contributed by atoms with van der Waals surface area (Å²) in [5.74, 6) is 0. The van der Waals surface area contributed by atoms with Gasteiger partial charge in [0, 0.05) is 0 Å². The van der Waals surface area contributed by atoms with Gasteiger partial charge in [-0.1, -0.05) is 21.6 Å². The van der Waals surface area contributed by atoms with Gasteiger partial charge in [-0.2, -0.15) is 0 Å². The van der Waals surface area contributed by atoms with Crippen molar-refractivity contribution in [2.75, 3.05) is 0 Å². The predicted molar refractivity (Wildman–Crippen MR) is 51.9 cm³/mol. The average molecular weight is 339 g/mol. The summed E-state index contributed by atoms with van der Waals surface area (Å²) in [5.41, 5.74) is 0. The molecule has 0 aromatic carbocycles. The van der Waals surface area contributed by atoms with Crippen LogP contribution in [0.5, 0.6) is 0 Å². The predicted octanol–water partition coefficient (Wildman–Crippen LogP) is 0.0550. The van der Waals surface area contributed by atoms with E-state index in [1.54, 1.807) is 0 Å². The van der Waals surface area contributed by atoms with Crippen LogP contribution in [-0.4, -0.2) is 0 Å². The number of hydrogen-bond donors (Lipinski definition) is 0. The Kier molecular flexibility index (Phi) is 234. The number of hydrogen-bond acceptors (Lipinski definition) is 8. The van der Waals surface area contributed by atoms with E-state index < -0.39 is 0 Å². The zero-order chi connectivity index (χ0) is 10.8. The molecule has 0 aliphatic carbocycles. The molecule has 13 heavy (non-hydrogen) atoms. The quantitative estimate of drug-likeness (QED) is 0.347. The van der Waals surface area contributed by atoms with Crippen LogP contribution in [-0.2, 0) is 70.9 Å². The zero-order valence-electron chi connectivity index (χ0n) is 5.74. The maximum absolute atomic E-state index is 7.13. The van der Waals surface area contributed by atoms with Crippen LogP contribution in [0, 0.1) is 42.7 Å². The van der Waals surface area contributed by atoms with Gasteiger partial charge < -0.3 is 50.5 Å². The van der Waals surface area contributed by atoms with Crippen LogP contribution in [0.25, 0.3) is 0 Å². The van der Waals surface area contributed by atoms with Crippen molar-refractivity contribution in [1.29, 1.82) is 21.0 Å². The van der Waals surface area contributed by atoms with Crippen LogP contribution in [0.3, 0.4) is 0 Å². The van der Waals surface area contributed by atoms with Crippen molar-refractivity contribution in [2.24, 2.45) is 0 Å². The summed E-state index contributed by atoms with van der Waals surface area (Å²) in [6.45, 7) is 0. The fraction of sp³-hybridized carbons (Fsp3) is 0. The second-order valence-electron chi connectivity index (χ2n) is 0.365. The van der Waals surface area contributed by atoms with Crippen LogP contribution in [0.1, 0.15) is 0 Å². The first kappa shape index (κ1) is 29.4. The fourth-order valence-electron chi connectivity index (χ4n) is 0. The standard InChI is InChI=1S/4CHNS.Pd/c4*2-1-3;/h4*3H;/q;;;;+2/p-4. The van der Waals surface area contributed by atoms with Gasteiger partial charge >= 0.3 is 20.4 Å². The maximum atomic E-state index is 7.13. The second-order valence-corrected chi connectivity index (χ2v) is 1.10. The van der Waals surface area contributed by atoms with Gasteiger partial charge in [-0.15, -0.1) is 0 Å². The van der Waals surface area contributed by atoms with Crippen molar-refractivity contribution >= 4 is 50.5 Å². The van der Waals surface area contributed by atoms with Gasteiger partial charge in [-0.3, -0.25) is 0 Å². The number of rotatable bonds is 0. The van der Waals surface area contributed by atoms with Crippen molar-refractivity contribution in [3.05, 3.63) is 0 Å². The van der Waals surface area contributed by atoms with Gasteiger partial charge in [-0.05, 0) is 0 Å². The molecule has 0 spiro atoms.